The Morgan fingerprint density at radius 2 is 2.00 bits per heavy atom. The van der Waals surface area contributed by atoms with Crippen molar-refractivity contribution in [2.24, 2.45) is 10.7 Å². The molecule has 1 aromatic heterocycles. The van der Waals surface area contributed by atoms with Crippen LogP contribution in [-0.4, -0.2) is 50.4 Å². The standard InChI is InChI=1S/C24H27F3N4O3/c1-14-18-8-15(11-31(2)3)4-7-20(18)34-23(14)24(32)30-17-5-6-19(25)16(9-17)10-29-22(28)13-33-12-21(26)27/h4-9,21H,10-13H2,1-3H3,(H2,28,29)(H,30,32). The molecule has 0 atom stereocenters. The van der Waals surface area contributed by atoms with Gasteiger partial charge in [-0.3, -0.25) is 9.79 Å². The first-order chi connectivity index (χ1) is 16.1. The molecule has 0 saturated carbocycles. The first-order valence-corrected chi connectivity index (χ1v) is 10.5. The molecule has 0 unspecified atom stereocenters. The molecule has 3 N–H and O–H groups in total. The zero-order valence-corrected chi connectivity index (χ0v) is 19.2. The van der Waals surface area contributed by atoms with Crippen molar-refractivity contribution < 1.29 is 27.1 Å². The number of nitrogens with one attached hydrogen (secondary N) is 1. The number of aryl methyl sites for hydroxylation is 1. The Balaban J connectivity index is 1.72. The molecule has 0 aliphatic heterocycles. The second-order valence-electron chi connectivity index (χ2n) is 8.10. The van der Waals surface area contributed by atoms with Crippen LogP contribution in [0.4, 0.5) is 18.9 Å². The second kappa shape index (κ2) is 11.2. The summed E-state index contributed by atoms with van der Waals surface area (Å²) >= 11 is 0. The number of amidine groups is 1. The van der Waals surface area contributed by atoms with Gasteiger partial charge in [0.05, 0.1) is 6.54 Å². The summed E-state index contributed by atoms with van der Waals surface area (Å²) in [5.74, 6) is -0.887. The van der Waals surface area contributed by atoms with Crippen LogP contribution in [0.5, 0.6) is 0 Å². The Bertz CT molecular complexity index is 1190. The van der Waals surface area contributed by atoms with Gasteiger partial charge in [-0.2, -0.15) is 0 Å². The lowest BCUT2D eigenvalue weighted by Crippen LogP contribution is -2.21. The molecule has 0 spiro atoms. The van der Waals surface area contributed by atoms with Crippen molar-refractivity contribution in [3.05, 3.63) is 64.7 Å². The largest absolute Gasteiger partial charge is 0.451 e. The first-order valence-electron chi connectivity index (χ1n) is 10.5. The molecule has 1 heterocycles. The van der Waals surface area contributed by atoms with Crippen LogP contribution in [0.2, 0.25) is 0 Å². The number of halogens is 3. The number of alkyl halides is 2. The van der Waals surface area contributed by atoms with Crippen LogP contribution in [0.3, 0.4) is 0 Å². The molecule has 0 aliphatic carbocycles. The highest BCUT2D eigenvalue weighted by Gasteiger charge is 2.19. The Morgan fingerprint density at radius 1 is 1.24 bits per heavy atom. The van der Waals surface area contributed by atoms with Crippen LogP contribution < -0.4 is 11.1 Å². The van der Waals surface area contributed by atoms with E-state index in [0.717, 1.165) is 17.5 Å². The number of benzene rings is 2. The monoisotopic (exact) mass is 476 g/mol. The van der Waals surface area contributed by atoms with Crippen LogP contribution in [0.1, 0.15) is 27.2 Å². The third-order valence-electron chi connectivity index (χ3n) is 4.96. The molecule has 0 fully saturated rings. The van der Waals surface area contributed by atoms with Gasteiger partial charge in [-0.25, -0.2) is 13.2 Å². The Hall–Kier alpha value is -3.37. The van der Waals surface area contributed by atoms with Crippen molar-refractivity contribution in [3.8, 4) is 0 Å². The van der Waals surface area contributed by atoms with E-state index in [0.29, 0.717) is 16.8 Å². The van der Waals surface area contributed by atoms with Crippen LogP contribution >= 0.6 is 0 Å². The molecular formula is C24H27F3N4O3. The summed E-state index contributed by atoms with van der Waals surface area (Å²) in [7, 11) is 3.95. The number of carbonyl (C=O) groups is 1. The lowest BCUT2D eigenvalue weighted by molar-refractivity contribution is 0.0321. The van der Waals surface area contributed by atoms with Gasteiger partial charge < -0.3 is 25.1 Å². The van der Waals surface area contributed by atoms with Gasteiger partial charge in [-0.15, -0.1) is 0 Å². The molecule has 0 saturated heterocycles. The van der Waals surface area contributed by atoms with E-state index in [4.69, 9.17) is 14.9 Å². The van der Waals surface area contributed by atoms with E-state index in [1.54, 1.807) is 0 Å². The summed E-state index contributed by atoms with van der Waals surface area (Å²) in [5, 5.41) is 3.56. The molecule has 0 radical (unpaired) electrons. The summed E-state index contributed by atoms with van der Waals surface area (Å²) in [6, 6.07) is 9.82. The molecule has 3 rings (SSSR count). The normalized spacial score (nSPS) is 12.2. The highest BCUT2D eigenvalue weighted by atomic mass is 19.3. The quantitative estimate of drug-likeness (QED) is 0.336. The molecule has 182 valence electrons. The summed E-state index contributed by atoms with van der Waals surface area (Å²) in [6.45, 7) is 1.38. The van der Waals surface area contributed by atoms with Crippen molar-refractivity contribution in [3.63, 3.8) is 0 Å². The summed E-state index contributed by atoms with van der Waals surface area (Å²) < 4.78 is 48.9. The second-order valence-corrected chi connectivity index (χ2v) is 8.10. The molecular weight excluding hydrogens is 449 g/mol. The fourth-order valence-electron chi connectivity index (χ4n) is 3.39. The van der Waals surface area contributed by atoms with Gasteiger partial charge >= 0.3 is 0 Å². The van der Waals surface area contributed by atoms with Crippen molar-refractivity contribution in [2.45, 2.75) is 26.4 Å². The number of fused-ring (bicyclic) bond motifs is 1. The van der Waals surface area contributed by atoms with Crippen molar-refractivity contribution in [1.29, 1.82) is 0 Å². The van der Waals surface area contributed by atoms with Gasteiger partial charge in [0, 0.05) is 28.7 Å². The number of amides is 1. The predicted octanol–water partition coefficient (Wildman–Crippen LogP) is 4.33. The molecule has 0 aliphatic rings. The highest BCUT2D eigenvalue weighted by Crippen LogP contribution is 2.27. The number of hydrogen-bond donors (Lipinski definition) is 2. The number of rotatable bonds is 10. The third kappa shape index (κ3) is 6.58. The van der Waals surface area contributed by atoms with Crippen LogP contribution in [0.25, 0.3) is 11.0 Å². The maximum absolute atomic E-state index is 14.2. The van der Waals surface area contributed by atoms with E-state index in [-0.39, 0.29) is 30.3 Å². The molecule has 1 amide bonds. The van der Waals surface area contributed by atoms with E-state index in [2.05, 4.69) is 10.3 Å². The van der Waals surface area contributed by atoms with Crippen LogP contribution in [-0.2, 0) is 17.8 Å². The van der Waals surface area contributed by atoms with Gasteiger partial charge in [-0.05, 0) is 56.9 Å². The van der Waals surface area contributed by atoms with Crippen LogP contribution in [0.15, 0.2) is 45.8 Å². The number of nitrogens with zero attached hydrogens (tertiary/aromatic N) is 2. The molecule has 3 aromatic rings. The number of anilines is 1. The van der Waals surface area contributed by atoms with E-state index < -0.39 is 24.8 Å². The van der Waals surface area contributed by atoms with Crippen molar-refractivity contribution in [2.75, 3.05) is 32.6 Å². The molecule has 7 nitrogen and oxygen atoms in total. The Labute approximate surface area is 195 Å². The average molecular weight is 476 g/mol. The zero-order chi connectivity index (χ0) is 24.8. The third-order valence-corrected chi connectivity index (χ3v) is 4.96. The fraction of sp³-hybridized carbons (Fsp3) is 0.333. The zero-order valence-electron chi connectivity index (χ0n) is 19.2. The van der Waals surface area contributed by atoms with Gasteiger partial charge in [0.15, 0.2) is 5.76 Å². The molecule has 10 heteroatoms. The minimum atomic E-state index is -2.61. The Morgan fingerprint density at radius 3 is 2.71 bits per heavy atom. The van der Waals surface area contributed by atoms with E-state index in [1.165, 1.54) is 18.2 Å². The topological polar surface area (TPSA) is 93.1 Å². The van der Waals surface area contributed by atoms with Gasteiger partial charge in [0.25, 0.3) is 12.3 Å². The SMILES string of the molecule is Cc1c(C(=O)Nc2ccc(F)c(C/N=C(/N)COCC(F)F)c2)oc2ccc(CN(C)C)cc12. The maximum Gasteiger partial charge on any atom is 0.291 e. The van der Waals surface area contributed by atoms with Gasteiger partial charge in [0.2, 0.25) is 0 Å². The lowest BCUT2D eigenvalue weighted by Gasteiger charge is -2.09. The summed E-state index contributed by atoms with van der Waals surface area (Å²) in [6.07, 6.45) is -2.61. The number of nitrogens with two attached hydrogens (primary N) is 1. The minimum absolute atomic E-state index is 0.0407. The summed E-state index contributed by atoms with van der Waals surface area (Å²) in [5.41, 5.74) is 8.53. The van der Waals surface area contributed by atoms with Crippen molar-refractivity contribution >= 4 is 28.4 Å². The first kappa shape index (κ1) is 25.3. The average Bonchev–Trinajstić information content (AvgIpc) is 3.09. The number of furan rings is 1. The van der Waals surface area contributed by atoms with Crippen LogP contribution in [0, 0.1) is 12.7 Å². The highest BCUT2D eigenvalue weighted by molar-refractivity contribution is 6.06. The number of aliphatic imine (C=N–C) groups is 1. The van der Waals surface area contributed by atoms with Gasteiger partial charge in [0.1, 0.15) is 30.4 Å². The molecule has 2 aromatic carbocycles. The molecule has 0 bridgehead atoms. The van der Waals surface area contributed by atoms with Gasteiger partial charge in [-0.1, -0.05) is 6.07 Å². The van der Waals surface area contributed by atoms with Crippen molar-refractivity contribution in [1.82, 2.24) is 4.90 Å². The Kier molecular flexibility index (Phi) is 8.30. The number of carbonyl (C=O) groups excluding carboxylic acids is 1. The minimum Gasteiger partial charge on any atom is -0.451 e. The smallest absolute Gasteiger partial charge is 0.291 e. The predicted molar refractivity (Wildman–Crippen MR) is 125 cm³/mol. The van der Waals surface area contributed by atoms with E-state index >= 15 is 0 Å². The van der Waals surface area contributed by atoms with E-state index in [9.17, 15) is 18.0 Å². The number of ether oxygens (including phenoxy) is 1. The number of hydrogen-bond acceptors (Lipinski definition) is 5. The molecule has 34 heavy (non-hydrogen) atoms. The lowest BCUT2D eigenvalue weighted by atomic mass is 10.1. The summed E-state index contributed by atoms with van der Waals surface area (Å²) in [4.78, 5) is 18.9. The van der Waals surface area contributed by atoms with E-state index in [1.807, 2.05) is 44.1 Å². The maximum atomic E-state index is 14.2. The fourth-order valence-corrected chi connectivity index (χ4v) is 3.39.